The molecule has 0 spiro atoms. The second-order valence-corrected chi connectivity index (χ2v) is 9.27. The van der Waals surface area contributed by atoms with Crippen LogP contribution in [0.25, 0.3) is 6.08 Å². The monoisotopic (exact) mass is 425 g/mol. The Hall–Kier alpha value is -2.68. The van der Waals surface area contributed by atoms with Crippen molar-refractivity contribution < 1.29 is 4.74 Å². The lowest BCUT2D eigenvalue weighted by molar-refractivity contribution is 0.0686. The van der Waals surface area contributed by atoms with Crippen LogP contribution in [0.5, 0.6) is 0 Å². The number of aryl methyl sites for hydroxylation is 3. The van der Waals surface area contributed by atoms with Gasteiger partial charge in [-0.15, -0.1) is 0 Å². The van der Waals surface area contributed by atoms with Crippen molar-refractivity contribution in [2.24, 2.45) is 0 Å². The summed E-state index contributed by atoms with van der Waals surface area (Å²) in [6.45, 7) is 9.29. The fourth-order valence-electron chi connectivity index (χ4n) is 4.96. The molecule has 2 nitrogen and oxygen atoms in total. The van der Waals surface area contributed by atoms with E-state index < -0.39 is 0 Å². The Morgan fingerprint density at radius 3 is 2.31 bits per heavy atom. The normalized spacial score (nSPS) is 20.6. The van der Waals surface area contributed by atoms with Crippen LogP contribution in [-0.2, 0) is 11.3 Å². The maximum Gasteiger partial charge on any atom is 0.0621 e. The molecule has 1 aliphatic heterocycles. The molecular weight excluding hydrogens is 390 g/mol. The molecule has 4 rings (SSSR count). The average Bonchev–Trinajstić information content (AvgIpc) is 2.78. The lowest BCUT2D eigenvalue weighted by Crippen LogP contribution is -2.45. The highest BCUT2D eigenvalue weighted by molar-refractivity contribution is 5.57. The number of rotatable bonds is 6. The van der Waals surface area contributed by atoms with Gasteiger partial charge in [-0.2, -0.15) is 0 Å². The summed E-state index contributed by atoms with van der Waals surface area (Å²) in [5.41, 5.74) is 9.61. The van der Waals surface area contributed by atoms with Crippen LogP contribution in [0.4, 0.5) is 0 Å². The van der Waals surface area contributed by atoms with Crippen molar-refractivity contribution >= 4 is 6.08 Å². The van der Waals surface area contributed by atoms with Gasteiger partial charge in [0.15, 0.2) is 0 Å². The van der Waals surface area contributed by atoms with Crippen molar-refractivity contribution in [2.75, 3.05) is 20.3 Å². The van der Waals surface area contributed by atoms with Gasteiger partial charge in [-0.3, -0.25) is 4.90 Å². The van der Waals surface area contributed by atoms with Crippen LogP contribution < -0.4 is 0 Å². The summed E-state index contributed by atoms with van der Waals surface area (Å²) in [5, 5.41) is 0. The number of hydrogen-bond acceptors (Lipinski definition) is 2. The molecule has 1 aliphatic rings. The first-order chi connectivity index (χ1) is 15.5. The lowest BCUT2D eigenvalue weighted by Gasteiger charge is -2.42. The van der Waals surface area contributed by atoms with Gasteiger partial charge in [-0.1, -0.05) is 95.6 Å². The smallest absolute Gasteiger partial charge is 0.0621 e. The van der Waals surface area contributed by atoms with E-state index in [9.17, 15) is 0 Å². The number of methoxy groups -OCH3 is 1. The number of nitrogens with zero attached hydrogens (tertiary/aromatic N) is 1. The molecule has 2 atom stereocenters. The Morgan fingerprint density at radius 1 is 0.906 bits per heavy atom. The van der Waals surface area contributed by atoms with E-state index in [0.717, 1.165) is 26.1 Å². The van der Waals surface area contributed by atoms with Gasteiger partial charge in [0, 0.05) is 32.2 Å². The molecule has 0 saturated carbocycles. The summed E-state index contributed by atoms with van der Waals surface area (Å²) in [6, 6.07) is 27.0. The van der Waals surface area contributed by atoms with Crippen molar-refractivity contribution in [3.8, 4) is 0 Å². The van der Waals surface area contributed by atoms with Crippen LogP contribution in [-0.4, -0.2) is 31.2 Å². The fourth-order valence-corrected chi connectivity index (χ4v) is 4.96. The van der Waals surface area contributed by atoms with E-state index in [1.54, 1.807) is 0 Å². The van der Waals surface area contributed by atoms with Gasteiger partial charge in [-0.05, 0) is 49.4 Å². The number of benzene rings is 3. The van der Waals surface area contributed by atoms with E-state index in [-0.39, 0.29) is 0 Å². The first-order valence-electron chi connectivity index (χ1n) is 11.6. The van der Waals surface area contributed by atoms with Gasteiger partial charge >= 0.3 is 0 Å². The SMILES string of the molecule is COC[C@H]1C/C(=C\c2ccc(C)cc2)[C@H](c2ccc(C)cc2C)CN1Cc1ccccc1. The molecule has 1 saturated heterocycles. The van der Waals surface area contributed by atoms with Gasteiger partial charge in [0.05, 0.1) is 6.61 Å². The second-order valence-electron chi connectivity index (χ2n) is 9.27. The predicted octanol–water partition coefficient (Wildman–Crippen LogP) is 6.70. The fraction of sp³-hybridized carbons (Fsp3) is 0.333. The van der Waals surface area contributed by atoms with Crippen LogP contribution in [0.15, 0.2) is 78.4 Å². The third-order valence-corrected chi connectivity index (χ3v) is 6.67. The van der Waals surface area contributed by atoms with Gasteiger partial charge in [0.1, 0.15) is 0 Å². The predicted molar refractivity (Wildman–Crippen MR) is 135 cm³/mol. The van der Waals surface area contributed by atoms with E-state index in [1.165, 1.54) is 39.0 Å². The molecule has 0 bridgehead atoms. The summed E-state index contributed by atoms with van der Waals surface area (Å²) in [6.07, 6.45) is 3.44. The molecule has 0 amide bonds. The third-order valence-electron chi connectivity index (χ3n) is 6.67. The Morgan fingerprint density at radius 2 is 1.62 bits per heavy atom. The van der Waals surface area contributed by atoms with Crippen LogP contribution in [0.2, 0.25) is 0 Å². The highest BCUT2D eigenvalue weighted by atomic mass is 16.5. The van der Waals surface area contributed by atoms with Crippen LogP contribution in [0.3, 0.4) is 0 Å². The topological polar surface area (TPSA) is 12.5 Å². The van der Waals surface area contributed by atoms with Gasteiger partial charge in [-0.25, -0.2) is 0 Å². The third kappa shape index (κ3) is 5.38. The van der Waals surface area contributed by atoms with Crippen LogP contribution >= 0.6 is 0 Å². The molecular formula is C30H35NO. The minimum absolute atomic E-state index is 0.374. The van der Waals surface area contributed by atoms with Crippen molar-refractivity contribution in [1.82, 2.24) is 4.90 Å². The summed E-state index contributed by atoms with van der Waals surface area (Å²) in [4.78, 5) is 2.62. The van der Waals surface area contributed by atoms with Crippen LogP contribution in [0, 0.1) is 20.8 Å². The number of ether oxygens (including phenoxy) is 1. The van der Waals surface area contributed by atoms with Gasteiger partial charge < -0.3 is 4.74 Å². The molecule has 2 heteroatoms. The largest absolute Gasteiger partial charge is 0.383 e. The summed E-state index contributed by atoms with van der Waals surface area (Å²) in [5.74, 6) is 0.383. The van der Waals surface area contributed by atoms with Crippen molar-refractivity contribution in [3.05, 3.63) is 112 Å². The molecule has 0 unspecified atom stereocenters. The van der Waals surface area contributed by atoms with E-state index in [0.29, 0.717) is 12.0 Å². The first-order valence-corrected chi connectivity index (χ1v) is 11.6. The number of hydrogen-bond donors (Lipinski definition) is 0. The zero-order valence-corrected chi connectivity index (χ0v) is 19.8. The van der Waals surface area contributed by atoms with E-state index in [1.807, 2.05) is 7.11 Å². The minimum atomic E-state index is 0.374. The van der Waals surface area contributed by atoms with Crippen molar-refractivity contribution in [1.29, 1.82) is 0 Å². The molecule has 32 heavy (non-hydrogen) atoms. The lowest BCUT2D eigenvalue weighted by atomic mass is 9.79. The molecule has 0 N–H and O–H groups in total. The average molecular weight is 426 g/mol. The van der Waals surface area contributed by atoms with Crippen LogP contribution in [0.1, 0.15) is 45.7 Å². The summed E-state index contributed by atoms with van der Waals surface area (Å²) >= 11 is 0. The first kappa shape index (κ1) is 22.5. The Balaban J connectivity index is 1.72. The van der Waals surface area contributed by atoms with Crippen molar-refractivity contribution in [2.45, 2.75) is 45.7 Å². The molecule has 1 fully saturated rings. The minimum Gasteiger partial charge on any atom is -0.383 e. The maximum atomic E-state index is 5.68. The zero-order chi connectivity index (χ0) is 22.5. The summed E-state index contributed by atoms with van der Waals surface area (Å²) in [7, 11) is 1.82. The Kier molecular flexibility index (Phi) is 7.24. The van der Waals surface area contributed by atoms with E-state index >= 15 is 0 Å². The molecule has 3 aromatic rings. The van der Waals surface area contributed by atoms with Crippen molar-refractivity contribution in [3.63, 3.8) is 0 Å². The second kappa shape index (κ2) is 10.3. The number of piperidine rings is 1. The van der Waals surface area contributed by atoms with E-state index in [4.69, 9.17) is 4.74 Å². The Bertz CT molecular complexity index is 1050. The Labute approximate surface area is 193 Å². The summed E-state index contributed by atoms with van der Waals surface area (Å²) < 4.78 is 5.68. The standard InChI is InChI=1S/C30H35NO/c1-22-10-13-25(14-11-22)17-27-18-28(21-32-4)31(19-26-8-6-5-7-9-26)20-30(27)29-15-12-23(2)16-24(29)3/h5-17,28,30H,18-21H2,1-4H3/b27-17+/t28-,30-/m1/s1. The molecule has 0 aromatic heterocycles. The highest BCUT2D eigenvalue weighted by Crippen LogP contribution is 2.38. The van der Waals surface area contributed by atoms with Gasteiger partial charge in [0.2, 0.25) is 0 Å². The zero-order valence-electron chi connectivity index (χ0n) is 19.8. The molecule has 0 aliphatic carbocycles. The van der Waals surface area contributed by atoms with E-state index in [2.05, 4.69) is 105 Å². The number of likely N-dealkylation sites (tertiary alicyclic amines) is 1. The molecule has 3 aromatic carbocycles. The highest BCUT2D eigenvalue weighted by Gasteiger charge is 2.33. The molecule has 166 valence electrons. The quantitative estimate of drug-likeness (QED) is 0.436. The maximum absolute atomic E-state index is 5.68. The van der Waals surface area contributed by atoms with Gasteiger partial charge in [0.25, 0.3) is 0 Å². The molecule has 1 heterocycles. The molecule has 0 radical (unpaired) electrons.